The van der Waals surface area contributed by atoms with Crippen molar-refractivity contribution in [2.75, 3.05) is 0 Å². The number of carboxylic acids is 1. The largest absolute Gasteiger partial charge is 0.478 e. The molecule has 5 heteroatoms. The second-order valence-corrected chi connectivity index (χ2v) is 5.28. The molecule has 0 atom stereocenters. The van der Waals surface area contributed by atoms with Gasteiger partial charge in [-0.3, -0.25) is 0 Å². The van der Waals surface area contributed by atoms with Crippen molar-refractivity contribution < 1.29 is 14.3 Å². The first-order valence-electron chi connectivity index (χ1n) is 6.05. The van der Waals surface area contributed by atoms with E-state index in [2.05, 4.69) is 0 Å². The van der Waals surface area contributed by atoms with Crippen LogP contribution >= 0.6 is 23.2 Å². The third-order valence-electron chi connectivity index (χ3n) is 3.00. The second kappa shape index (κ2) is 6.29. The van der Waals surface area contributed by atoms with Gasteiger partial charge in [-0.1, -0.05) is 41.4 Å². The van der Waals surface area contributed by atoms with Crippen LogP contribution in [0, 0.1) is 12.7 Å². The number of carbonyl (C=O) groups is 1. The monoisotopic (exact) mass is 324 g/mol. The maximum absolute atomic E-state index is 13.6. The number of hydrogen-bond donors (Lipinski definition) is 1. The van der Waals surface area contributed by atoms with Crippen molar-refractivity contribution in [3.8, 4) is 0 Å². The molecule has 0 aromatic heterocycles. The first-order chi connectivity index (χ1) is 9.90. The zero-order valence-electron chi connectivity index (χ0n) is 11.0. The van der Waals surface area contributed by atoms with E-state index < -0.39 is 11.8 Å². The molecule has 0 amide bonds. The minimum atomic E-state index is -1.19. The Labute approximate surface area is 131 Å². The normalized spacial score (nSPS) is 11.5. The molecule has 0 bridgehead atoms. The topological polar surface area (TPSA) is 37.3 Å². The number of hydrogen-bond acceptors (Lipinski definition) is 1. The lowest BCUT2D eigenvalue weighted by Gasteiger charge is -2.07. The van der Waals surface area contributed by atoms with Gasteiger partial charge in [0.05, 0.1) is 5.57 Å². The highest BCUT2D eigenvalue weighted by Crippen LogP contribution is 2.29. The average molecular weight is 325 g/mol. The van der Waals surface area contributed by atoms with Crippen molar-refractivity contribution in [1.82, 2.24) is 0 Å². The molecular weight excluding hydrogens is 314 g/mol. The van der Waals surface area contributed by atoms with Gasteiger partial charge in [-0.25, -0.2) is 9.18 Å². The quantitative estimate of drug-likeness (QED) is 0.632. The van der Waals surface area contributed by atoms with Crippen LogP contribution in [0.25, 0.3) is 11.6 Å². The fourth-order valence-corrected chi connectivity index (χ4v) is 2.33. The molecule has 0 saturated carbocycles. The standard InChI is InChI=1S/C16H11Cl2FO2/c1-9-5-6-10(7-15(9)19)11(16(20)21)8-12-13(17)3-2-4-14(12)18/h2-8H,1H3,(H,20,21)/b11-8-. The van der Waals surface area contributed by atoms with Gasteiger partial charge in [-0.15, -0.1) is 0 Å². The van der Waals surface area contributed by atoms with Crippen LogP contribution in [0.2, 0.25) is 10.0 Å². The zero-order valence-corrected chi connectivity index (χ0v) is 12.5. The molecule has 0 aliphatic heterocycles. The average Bonchev–Trinajstić information content (AvgIpc) is 2.41. The molecule has 2 aromatic rings. The van der Waals surface area contributed by atoms with Crippen LogP contribution in [0.5, 0.6) is 0 Å². The van der Waals surface area contributed by atoms with Crippen molar-refractivity contribution in [2.24, 2.45) is 0 Å². The van der Waals surface area contributed by atoms with E-state index in [4.69, 9.17) is 23.2 Å². The summed E-state index contributed by atoms with van der Waals surface area (Å²) in [4.78, 5) is 11.4. The minimum Gasteiger partial charge on any atom is -0.478 e. The van der Waals surface area contributed by atoms with E-state index in [-0.39, 0.29) is 11.1 Å². The molecule has 21 heavy (non-hydrogen) atoms. The van der Waals surface area contributed by atoms with Gasteiger partial charge in [0.1, 0.15) is 5.82 Å². The fraction of sp³-hybridized carbons (Fsp3) is 0.0625. The smallest absolute Gasteiger partial charge is 0.336 e. The lowest BCUT2D eigenvalue weighted by atomic mass is 10.0. The van der Waals surface area contributed by atoms with Crippen LogP contribution < -0.4 is 0 Å². The predicted molar refractivity (Wildman–Crippen MR) is 83.1 cm³/mol. The SMILES string of the molecule is Cc1ccc(/C(=C/c2c(Cl)cccc2Cl)C(=O)O)cc1F. The maximum Gasteiger partial charge on any atom is 0.336 e. The molecule has 0 unspecified atom stereocenters. The Kier molecular flexibility index (Phi) is 4.66. The number of aliphatic carboxylic acids is 1. The summed E-state index contributed by atoms with van der Waals surface area (Å²) in [5.41, 5.74) is 1.00. The van der Waals surface area contributed by atoms with Crippen LogP contribution in [0.15, 0.2) is 36.4 Å². The minimum absolute atomic E-state index is 0.0797. The Morgan fingerprint density at radius 1 is 1.19 bits per heavy atom. The van der Waals surface area contributed by atoms with E-state index >= 15 is 0 Å². The van der Waals surface area contributed by atoms with E-state index in [1.807, 2.05) is 0 Å². The van der Waals surface area contributed by atoms with E-state index in [1.165, 1.54) is 18.2 Å². The van der Waals surface area contributed by atoms with Crippen molar-refractivity contribution >= 4 is 40.8 Å². The Morgan fingerprint density at radius 3 is 2.33 bits per heavy atom. The third-order valence-corrected chi connectivity index (χ3v) is 3.66. The number of benzene rings is 2. The van der Waals surface area contributed by atoms with Gasteiger partial charge >= 0.3 is 5.97 Å². The van der Waals surface area contributed by atoms with Gasteiger partial charge in [-0.05, 0) is 42.3 Å². The lowest BCUT2D eigenvalue weighted by Crippen LogP contribution is -2.01. The molecule has 0 saturated heterocycles. The zero-order chi connectivity index (χ0) is 15.6. The molecule has 0 radical (unpaired) electrons. The summed E-state index contributed by atoms with van der Waals surface area (Å²) in [6, 6.07) is 9.12. The van der Waals surface area contributed by atoms with Crippen molar-refractivity contribution in [2.45, 2.75) is 6.92 Å². The molecule has 0 aliphatic carbocycles. The molecule has 2 aromatic carbocycles. The number of halogens is 3. The van der Waals surface area contributed by atoms with Crippen molar-refractivity contribution in [3.05, 3.63) is 69.0 Å². The van der Waals surface area contributed by atoms with Crippen molar-refractivity contribution in [1.29, 1.82) is 0 Å². The summed E-state index contributed by atoms with van der Waals surface area (Å²) in [6.07, 6.45) is 1.34. The number of aryl methyl sites for hydroxylation is 1. The lowest BCUT2D eigenvalue weighted by molar-refractivity contribution is -0.130. The molecule has 2 rings (SSSR count). The summed E-state index contributed by atoms with van der Waals surface area (Å²) in [7, 11) is 0. The summed E-state index contributed by atoms with van der Waals surface area (Å²) in [5, 5.41) is 10.0. The molecule has 0 spiro atoms. The summed E-state index contributed by atoms with van der Waals surface area (Å²) in [5.74, 6) is -1.65. The fourth-order valence-electron chi connectivity index (χ4n) is 1.82. The highest BCUT2D eigenvalue weighted by molar-refractivity contribution is 6.38. The van der Waals surface area contributed by atoms with E-state index in [9.17, 15) is 14.3 Å². The second-order valence-electron chi connectivity index (χ2n) is 4.46. The van der Waals surface area contributed by atoms with E-state index in [0.717, 1.165) is 0 Å². The van der Waals surface area contributed by atoms with Gasteiger partial charge in [0.15, 0.2) is 0 Å². The highest BCUT2D eigenvalue weighted by Gasteiger charge is 2.14. The first kappa shape index (κ1) is 15.5. The van der Waals surface area contributed by atoms with Crippen LogP contribution in [0.4, 0.5) is 4.39 Å². The Bertz CT molecular complexity index is 719. The molecule has 108 valence electrons. The van der Waals surface area contributed by atoms with Crippen molar-refractivity contribution in [3.63, 3.8) is 0 Å². The first-order valence-corrected chi connectivity index (χ1v) is 6.81. The summed E-state index contributed by atoms with van der Waals surface area (Å²) >= 11 is 12.1. The summed E-state index contributed by atoms with van der Waals surface area (Å²) in [6.45, 7) is 1.61. The number of rotatable bonds is 3. The molecule has 0 aliphatic rings. The van der Waals surface area contributed by atoms with Gasteiger partial charge in [0.25, 0.3) is 0 Å². The van der Waals surface area contributed by atoms with Crippen LogP contribution in [-0.2, 0) is 4.79 Å². The van der Waals surface area contributed by atoms with Crippen LogP contribution in [-0.4, -0.2) is 11.1 Å². The van der Waals surface area contributed by atoms with E-state index in [0.29, 0.717) is 21.2 Å². The molecular formula is C16H11Cl2FO2. The van der Waals surface area contributed by atoms with Gasteiger partial charge < -0.3 is 5.11 Å². The number of carboxylic acid groups (broad SMARTS) is 1. The Balaban J connectivity index is 2.61. The molecule has 0 fully saturated rings. The van der Waals surface area contributed by atoms with E-state index in [1.54, 1.807) is 31.2 Å². The third kappa shape index (κ3) is 3.43. The van der Waals surface area contributed by atoms with Crippen LogP contribution in [0.1, 0.15) is 16.7 Å². The van der Waals surface area contributed by atoms with Gasteiger partial charge in [0, 0.05) is 15.6 Å². The van der Waals surface area contributed by atoms with Gasteiger partial charge in [0.2, 0.25) is 0 Å². The summed E-state index contributed by atoms with van der Waals surface area (Å²) < 4.78 is 13.6. The predicted octanol–water partition coefficient (Wildman–Crippen LogP) is 5.07. The Hall–Kier alpha value is -1.84. The van der Waals surface area contributed by atoms with Crippen LogP contribution in [0.3, 0.4) is 0 Å². The maximum atomic E-state index is 13.6. The van der Waals surface area contributed by atoms with Gasteiger partial charge in [-0.2, -0.15) is 0 Å². The molecule has 0 heterocycles. The molecule has 2 nitrogen and oxygen atoms in total. The molecule has 1 N–H and O–H groups in total. The Morgan fingerprint density at radius 2 is 1.81 bits per heavy atom. The highest BCUT2D eigenvalue weighted by atomic mass is 35.5.